The SMILES string of the molecule is Cn1nc(-c2ccc3c(c2)CN(C2CCC(=O)NC2=O)C3=O)nc1-c1ccc(Cl)cc1. The molecular weight excluding hydrogens is 418 g/mol. The summed E-state index contributed by atoms with van der Waals surface area (Å²) in [6.45, 7) is 0.311. The third kappa shape index (κ3) is 3.38. The number of fused-ring (bicyclic) bond motifs is 1. The Kier molecular flexibility index (Phi) is 4.59. The first kappa shape index (κ1) is 19.4. The first-order valence-electron chi connectivity index (χ1n) is 9.85. The van der Waals surface area contributed by atoms with Crippen LogP contribution < -0.4 is 5.32 Å². The van der Waals surface area contributed by atoms with Crippen LogP contribution in [0.2, 0.25) is 5.02 Å². The molecular formula is C22H18ClN5O3. The Labute approximate surface area is 182 Å². The molecule has 5 rings (SSSR count). The minimum Gasteiger partial charge on any atom is -0.322 e. The number of aryl methyl sites for hydroxylation is 1. The van der Waals surface area contributed by atoms with Crippen molar-refractivity contribution in [2.45, 2.75) is 25.4 Å². The third-order valence-electron chi connectivity index (χ3n) is 5.65. The van der Waals surface area contributed by atoms with Crippen LogP contribution in [-0.2, 0) is 23.2 Å². The lowest BCUT2D eigenvalue weighted by molar-refractivity contribution is -0.136. The second-order valence-electron chi connectivity index (χ2n) is 7.66. The molecule has 1 N–H and O–H groups in total. The average Bonchev–Trinajstić information content (AvgIpc) is 3.29. The van der Waals surface area contributed by atoms with Gasteiger partial charge in [-0.1, -0.05) is 17.7 Å². The van der Waals surface area contributed by atoms with Crippen molar-refractivity contribution in [3.05, 3.63) is 58.6 Å². The molecule has 1 aromatic heterocycles. The normalized spacial score (nSPS) is 18.3. The molecule has 0 radical (unpaired) electrons. The van der Waals surface area contributed by atoms with Crippen LogP contribution in [0.1, 0.15) is 28.8 Å². The molecule has 1 fully saturated rings. The van der Waals surface area contributed by atoms with Gasteiger partial charge in [-0.05, 0) is 48.4 Å². The molecule has 3 aromatic rings. The van der Waals surface area contributed by atoms with Gasteiger partial charge in [0.2, 0.25) is 11.8 Å². The molecule has 2 aliphatic heterocycles. The van der Waals surface area contributed by atoms with Crippen LogP contribution in [0, 0.1) is 0 Å². The summed E-state index contributed by atoms with van der Waals surface area (Å²) in [6, 6.07) is 12.2. The molecule has 3 amide bonds. The smallest absolute Gasteiger partial charge is 0.255 e. The number of benzene rings is 2. The van der Waals surface area contributed by atoms with Crippen LogP contribution in [0.25, 0.3) is 22.8 Å². The standard InChI is InChI=1S/C22H18ClN5O3/c1-27-20(12-2-5-15(23)6-3-12)25-19(26-27)13-4-7-16-14(10-13)11-28(22(16)31)17-8-9-18(29)24-21(17)30/h2-7,10,17H,8-9,11H2,1H3,(H,24,29,30). The Bertz CT molecular complexity index is 1230. The zero-order valence-electron chi connectivity index (χ0n) is 16.6. The van der Waals surface area contributed by atoms with Gasteiger partial charge in [0.25, 0.3) is 5.91 Å². The summed E-state index contributed by atoms with van der Waals surface area (Å²) in [5.41, 5.74) is 3.05. The van der Waals surface area contributed by atoms with E-state index >= 15 is 0 Å². The van der Waals surface area contributed by atoms with E-state index in [0.29, 0.717) is 35.2 Å². The van der Waals surface area contributed by atoms with E-state index in [1.54, 1.807) is 22.9 Å². The molecule has 2 aliphatic rings. The van der Waals surface area contributed by atoms with Crippen molar-refractivity contribution in [2.24, 2.45) is 7.05 Å². The highest BCUT2D eigenvalue weighted by Gasteiger charge is 2.39. The number of piperidine rings is 1. The quantitative estimate of drug-likeness (QED) is 0.638. The Balaban J connectivity index is 1.43. The molecule has 2 aromatic carbocycles. The Morgan fingerprint density at radius 2 is 1.81 bits per heavy atom. The number of carbonyl (C=O) groups is 3. The highest BCUT2D eigenvalue weighted by molar-refractivity contribution is 6.30. The molecule has 3 heterocycles. The van der Waals surface area contributed by atoms with Gasteiger partial charge in [-0.15, -0.1) is 0 Å². The number of hydrogen-bond donors (Lipinski definition) is 1. The zero-order valence-corrected chi connectivity index (χ0v) is 17.4. The predicted octanol–water partition coefficient (Wildman–Crippen LogP) is 2.56. The summed E-state index contributed by atoms with van der Waals surface area (Å²) in [4.78, 5) is 42.7. The molecule has 156 valence electrons. The fourth-order valence-corrected chi connectivity index (χ4v) is 4.20. The van der Waals surface area contributed by atoms with E-state index in [9.17, 15) is 14.4 Å². The molecule has 8 nitrogen and oxygen atoms in total. The predicted molar refractivity (Wildman–Crippen MR) is 113 cm³/mol. The highest BCUT2D eigenvalue weighted by atomic mass is 35.5. The number of halogens is 1. The van der Waals surface area contributed by atoms with Crippen molar-refractivity contribution in [3.63, 3.8) is 0 Å². The van der Waals surface area contributed by atoms with Crippen molar-refractivity contribution in [1.82, 2.24) is 25.0 Å². The molecule has 0 aliphatic carbocycles. The molecule has 0 saturated carbocycles. The molecule has 1 unspecified atom stereocenters. The van der Waals surface area contributed by atoms with E-state index in [1.807, 2.05) is 31.3 Å². The fraction of sp³-hybridized carbons (Fsp3) is 0.227. The summed E-state index contributed by atoms with van der Waals surface area (Å²) < 4.78 is 1.70. The summed E-state index contributed by atoms with van der Waals surface area (Å²) >= 11 is 5.97. The van der Waals surface area contributed by atoms with Gasteiger partial charge in [-0.25, -0.2) is 9.67 Å². The minimum atomic E-state index is -0.634. The van der Waals surface area contributed by atoms with Crippen molar-refractivity contribution >= 4 is 29.3 Å². The van der Waals surface area contributed by atoms with Crippen LogP contribution in [0.3, 0.4) is 0 Å². The summed E-state index contributed by atoms with van der Waals surface area (Å²) in [6.07, 6.45) is 0.566. The van der Waals surface area contributed by atoms with Crippen molar-refractivity contribution in [2.75, 3.05) is 0 Å². The lowest BCUT2D eigenvalue weighted by Gasteiger charge is -2.29. The van der Waals surface area contributed by atoms with Gasteiger partial charge in [-0.2, -0.15) is 5.10 Å². The van der Waals surface area contributed by atoms with E-state index in [4.69, 9.17) is 11.6 Å². The van der Waals surface area contributed by atoms with Crippen molar-refractivity contribution < 1.29 is 14.4 Å². The zero-order chi connectivity index (χ0) is 21.7. The molecule has 1 atom stereocenters. The molecule has 0 spiro atoms. The summed E-state index contributed by atoms with van der Waals surface area (Å²) in [7, 11) is 1.82. The van der Waals surface area contributed by atoms with E-state index in [0.717, 1.165) is 16.7 Å². The van der Waals surface area contributed by atoms with Crippen LogP contribution in [0.4, 0.5) is 0 Å². The first-order valence-corrected chi connectivity index (χ1v) is 10.2. The Hall–Kier alpha value is -3.52. The molecule has 1 saturated heterocycles. The van der Waals surface area contributed by atoms with Gasteiger partial charge in [0.15, 0.2) is 11.6 Å². The monoisotopic (exact) mass is 435 g/mol. The maximum Gasteiger partial charge on any atom is 0.255 e. The number of carbonyl (C=O) groups excluding carboxylic acids is 3. The van der Waals surface area contributed by atoms with Gasteiger partial charge in [0, 0.05) is 41.7 Å². The topological polar surface area (TPSA) is 97.2 Å². The van der Waals surface area contributed by atoms with Gasteiger partial charge < -0.3 is 4.90 Å². The van der Waals surface area contributed by atoms with Crippen LogP contribution in [0.15, 0.2) is 42.5 Å². The Morgan fingerprint density at radius 3 is 2.55 bits per heavy atom. The second-order valence-corrected chi connectivity index (χ2v) is 8.10. The van der Waals surface area contributed by atoms with Gasteiger partial charge in [-0.3, -0.25) is 19.7 Å². The van der Waals surface area contributed by atoms with Crippen LogP contribution in [-0.4, -0.2) is 43.4 Å². The van der Waals surface area contributed by atoms with E-state index in [-0.39, 0.29) is 18.2 Å². The lowest BCUT2D eigenvalue weighted by atomic mass is 10.0. The fourth-order valence-electron chi connectivity index (χ4n) is 4.07. The number of imide groups is 1. The number of nitrogens with one attached hydrogen (secondary N) is 1. The average molecular weight is 436 g/mol. The summed E-state index contributed by atoms with van der Waals surface area (Å²) in [5.74, 6) is 0.324. The Morgan fingerprint density at radius 1 is 1.06 bits per heavy atom. The van der Waals surface area contributed by atoms with Crippen molar-refractivity contribution in [3.8, 4) is 22.8 Å². The summed E-state index contributed by atoms with van der Waals surface area (Å²) in [5, 5.41) is 7.49. The number of rotatable bonds is 3. The van der Waals surface area contributed by atoms with Crippen LogP contribution >= 0.6 is 11.6 Å². The lowest BCUT2D eigenvalue weighted by Crippen LogP contribution is -2.52. The largest absolute Gasteiger partial charge is 0.322 e. The van der Waals surface area contributed by atoms with Gasteiger partial charge in [0.05, 0.1) is 0 Å². The van der Waals surface area contributed by atoms with Gasteiger partial charge in [0.1, 0.15) is 6.04 Å². The van der Waals surface area contributed by atoms with Gasteiger partial charge >= 0.3 is 0 Å². The van der Waals surface area contributed by atoms with E-state index < -0.39 is 11.9 Å². The number of nitrogens with zero attached hydrogens (tertiary/aromatic N) is 4. The molecule has 9 heteroatoms. The number of amides is 3. The minimum absolute atomic E-state index is 0.202. The molecule has 0 bridgehead atoms. The molecule has 31 heavy (non-hydrogen) atoms. The van der Waals surface area contributed by atoms with Crippen molar-refractivity contribution in [1.29, 1.82) is 0 Å². The van der Waals surface area contributed by atoms with E-state index in [2.05, 4.69) is 15.4 Å². The van der Waals surface area contributed by atoms with E-state index in [1.165, 1.54) is 4.90 Å². The maximum atomic E-state index is 12.9. The first-order chi connectivity index (χ1) is 14.9. The second kappa shape index (κ2) is 7.31. The maximum absolute atomic E-state index is 12.9. The highest BCUT2D eigenvalue weighted by Crippen LogP contribution is 2.31. The third-order valence-corrected chi connectivity index (χ3v) is 5.90. The number of aromatic nitrogens is 3. The number of hydrogen-bond acceptors (Lipinski definition) is 5. The van der Waals surface area contributed by atoms with Crippen LogP contribution in [0.5, 0.6) is 0 Å².